The SMILES string of the molecule is COc1cc(C)c2c(c1)CC1C3(C)CCC(=O)C(C)(C)C3CC[C@@]21C. The van der Waals surface area contributed by atoms with Crippen molar-refractivity contribution >= 4 is 5.78 Å². The molecule has 1 aromatic rings. The highest BCUT2D eigenvalue weighted by atomic mass is 16.5. The summed E-state index contributed by atoms with van der Waals surface area (Å²) in [7, 11) is 1.76. The molecule has 1 aromatic carbocycles. The van der Waals surface area contributed by atoms with Crippen LogP contribution in [0.3, 0.4) is 0 Å². The Morgan fingerprint density at radius 2 is 1.80 bits per heavy atom. The number of hydrogen-bond donors (Lipinski definition) is 0. The first-order valence-corrected chi connectivity index (χ1v) is 9.86. The van der Waals surface area contributed by atoms with Crippen molar-refractivity contribution in [2.75, 3.05) is 7.11 Å². The summed E-state index contributed by atoms with van der Waals surface area (Å²) in [5.41, 5.74) is 4.77. The van der Waals surface area contributed by atoms with Gasteiger partial charge in [-0.1, -0.05) is 27.7 Å². The zero-order valence-electron chi connectivity index (χ0n) is 16.7. The minimum absolute atomic E-state index is 0.171. The fourth-order valence-electron chi connectivity index (χ4n) is 7.25. The summed E-state index contributed by atoms with van der Waals surface area (Å²) in [6, 6.07) is 4.47. The first-order valence-electron chi connectivity index (χ1n) is 9.86. The number of aryl methyl sites for hydroxylation is 1. The maximum absolute atomic E-state index is 12.6. The summed E-state index contributed by atoms with van der Waals surface area (Å²) < 4.78 is 5.54. The number of methoxy groups -OCH3 is 1. The number of ether oxygens (including phenoxy) is 1. The molecule has 0 aliphatic heterocycles. The third-order valence-electron chi connectivity index (χ3n) is 8.42. The molecular weight excluding hydrogens is 308 g/mol. The van der Waals surface area contributed by atoms with Gasteiger partial charge >= 0.3 is 0 Å². The van der Waals surface area contributed by atoms with Gasteiger partial charge < -0.3 is 4.74 Å². The van der Waals surface area contributed by atoms with Crippen LogP contribution in [-0.4, -0.2) is 12.9 Å². The normalized spacial score (nSPS) is 38.7. The highest BCUT2D eigenvalue weighted by Crippen LogP contribution is 2.67. The fraction of sp³-hybridized carbons (Fsp3) is 0.696. The molecule has 2 nitrogen and oxygen atoms in total. The van der Waals surface area contributed by atoms with E-state index in [0.29, 0.717) is 17.6 Å². The van der Waals surface area contributed by atoms with Gasteiger partial charge in [0.25, 0.3) is 0 Å². The lowest BCUT2D eigenvalue weighted by Gasteiger charge is -2.60. The van der Waals surface area contributed by atoms with Crippen LogP contribution in [0.4, 0.5) is 0 Å². The Kier molecular flexibility index (Phi) is 3.50. The van der Waals surface area contributed by atoms with Crippen LogP contribution >= 0.6 is 0 Å². The molecule has 3 unspecified atom stereocenters. The van der Waals surface area contributed by atoms with Crippen LogP contribution in [0, 0.1) is 29.6 Å². The minimum atomic E-state index is -0.171. The van der Waals surface area contributed by atoms with E-state index in [9.17, 15) is 4.79 Å². The number of Topliss-reactive ketones (excluding diaryl/α,β-unsaturated/α-hetero) is 1. The standard InChI is InChI=1S/C23H32O2/c1-14-11-16(25-6)12-15-13-18-22(4)10-8-19(24)21(2,3)17(22)7-9-23(18,5)20(14)15/h11-12,17-18H,7-10,13H2,1-6H3/t17?,18?,22?,23-/m1/s1. The van der Waals surface area contributed by atoms with E-state index < -0.39 is 0 Å². The summed E-state index contributed by atoms with van der Waals surface area (Å²) in [6.07, 6.45) is 5.33. The van der Waals surface area contributed by atoms with Crippen molar-refractivity contribution in [2.45, 2.75) is 72.1 Å². The lowest BCUT2D eigenvalue weighted by molar-refractivity contribution is -0.151. The largest absolute Gasteiger partial charge is 0.497 e. The lowest BCUT2D eigenvalue weighted by atomic mass is 9.43. The van der Waals surface area contributed by atoms with Crippen molar-refractivity contribution in [2.24, 2.45) is 22.7 Å². The van der Waals surface area contributed by atoms with Gasteiger partial charge in [0.15, 0.2) is 0 Å². The van der Waals surface area contributed by atoms with Crippen LogP contribution in [0.15, 0.2) is 12.1 Å². The number of carbonyl (C=O) groups excluding carboxylic acids is 1. The second-order valence-corrected chi connectivity index (χ2v) is 9.89. The van der Waals surface area contributed by atoms with Crippen molar-refractivity contribution in [3.05, 3.63) is 28.8 Å². The van der Waals surface area contributed by atoms with E-state index in [1.165, 1.54) is 24.0 Å². The Labute approximate surface area is 152 Å². The third-order valence-corrected chi connectivity index (χ3v) is 8.42. The predicted octanol–water partition coefficient (Wildman–Crippen LogP) is 5.24. The zero-order valence-corrected chi connectivity index (χ0v) is 16.7. The maximum Gasteiger partial charge on any atom is 0.138 e. The molecule has 0 amide bonds. The van der Waals surface area contributed by atoms with E-state index in [-0.39, 0.29) is 16.2 Å². The predicted molar refractivity (Wildman–Crippen MR) is 101 cm³/mol. The van der Waals surface area contributed by atoms with Crippen molar-refractivity contribution < 1.29 is 9.53 Å². The first kappa shape index (κ1) is 17.1. The Morgan fingerprint density at radius 1 is 1.08 bits per heavy atom. The van der Waals surface area contributed by atoms with Crippen LogP contribution in [0.25, 0.3) is 0 Å². The number of carbonyl (C=O) groups is 1. The van der Waals surface area contributed by atoms with Gasteiger partial charge in [-0.15, -0.1) is 0 Å². The molecule has 136 valence electrons. The number of benzene rings is 1. The summed E-state index contributed by atoms with van der Waals surface area (Å²) in [5, 5.41) is 0. The van der Waals surface area contributed by atoms with Gasteiger partial charge in [0.1, 0.15) is 11.5 Å². The smallest absolute Gasteiger partial charge is 0.138 e. The van der Waals surface area contributed by atoms with E-state index >= 15 is 0 Å². The second-order valence-electron chi connectivity index (χ2n) is 9.89. The number of hydrogen-bond acceptors (Lipinski definition) is 2. The summed E-state index contributed by atoms with van der Waals surface area (Å²) >= 11 is 0. The molecule has 0 aromatic heterocycles. The molecule has 4 rings (SSSR count). The van der Waals surface area contributed by atoms with Crippen LogP contribution in [0.2, 0.25) is 0 Å². The molecule has 2 saturated carbocycles. The van der Waals surface area contributed by atoms with E-state index in [1.807, 2.05) is 0 Å². The van der Waals surface area contributed by atoms with Crippen molar-refractivity contribution in [3.63, 3.8) is 0 Å². The van der Waals surface area contributed by atoms with E-state index in [1.54, 1.807) is 12.7 Å². The third kappa shape index (κ3) is 2.06. The molecule has 25 heavy (non-hydrogen) atoms. The highest BCUT2D eigenvalue weighted by Gasteiger charge is 2.62. The van der Waals surface area contributed by atoms with Crippen molar-refractivity contribution in [1.29, 1.82) is 0 Å². The van der Waals surface area contributed by atoms with Gasteiger partial charge in [0.2, 0.25) is 0 Å². The molecule has 3 aliphatic rings. The molecule has 0 bridgehead atoms. The number of rotatable bonds is 1. The highest BCUT2D eigenvalue weighted by molar-refractivity contribution is 5.85. The molecular formula is C23H32O2. The van der Waals surface area contributed by atoms with Gasteiger partial charge in [-0.05, 0) is 84.1 Å². The lowest BCUT2D eigenvalue weighted by Crippen LogP contribution is -2.57. The maximum atomic E-state index is 12.6. The van der Waals surface area contributed by atoms with Gasteiger partial charge in [-0.3, -0.25) is 4.79 Å². The Balaban J connectivity index is 1.83. The minimum Gasteiger partial charge on any atom is -0.497 e. The van der Waals surface area contributed by atoms with Gasteiger partial charge in [-0.2, -0.15) is 0 Å². The number of ketones is 1. The Hall–Kier alpha value is -1.31. The van der Waals surface area contributed by atoms with E-state index in [0.717, 1.165) is 25.0 Å². The monoisotopic (exact) mass is 340 g/mol. The quantitative estimate of drug-likeness (QED) is 0.699. The zero-order chi connectivity index (χ0) is 18.2. The molecule has 2 fully saturated rings. The fourth-order valence-corrected chi connectivity index (χ4v) is 7.25. The van der Waals surface area contributed by atoms with Crippen LogP contribution < -0.4 is 4.74 Å². The summed E-state index contributed by atoms with van der Waals surface area (Å²) in [4.78, 5) is 12.6. The second kappa shape index (κ2) is 5.11. The van der Waals surface area contributed by atoms with E-state index in [2.05, 4.69) is 46.8 Å². The van der Waals surface area contributed by atoms with Crippen LogP contribution in [0.1, 0.15) is 70.1 Å². The van der Waals surface area contributed by atoms with Crippen LogP contribution in [-0.2, 0) is 16.6 Å². The van der Waals surface area contributed by atoms with Gasteiger partial charge in [0.05, 0.1) is 7.11 Å². The summed E-state index contributed by atoms with van der Waals surface area (Å²) in [5.74, 6) is 2.61. The molecule has 4 atom stereocenters. The molecule has 3 aliphatic carbocycles. The average Bonchev–Trinajstić information content (AvgIpc) is 2.86. The first-order chi connectivity index (χ1) is 11.6. The van der Waals surface area contributed by atoms with Gasteiger partial charge in [-0.25, -0.2) is 0 Å². The average molecular weight is 341 g/mol. The molecule has 0 saturated heterocycles. The van der Waals surface area contributed by atoms with Crippen molar-refractivity contribution in [1.82, 2.24) is 0 Å². The molecule has 0 N–H and O–H groups in total. The molecule has 0 radical (unpaired) electrons. The van der Waals surface area contributed by atoms with Gasteiger partial charge in [0, 0.05) is 11.8 Å². The Morgan fingerprint density at radius 3 is 2.48 bits per heavy atom. The van der Waals surface area contributed by atoms with Crippen molar-refractivity contribution in [3.8, 4) is 5.75 Å². The number of fused-ring (bicyclic) bond motifs is 5. The molecule has 0 heterocycles. The van der Waals surface area contributed by atoms with E-state index in [4.69, 9.17) is 4.74 Å². The Bertz CT molecular complexity index is 747. The topological polar surface area (TPSA) is 26.3 Å². The molecule has 2 heteroatoms. The molecule has 0 spiro atoms. The van der Waals surface area contributed by atoms with Crippen LogP contribution in [0.5, 0.6) is 5.75 Å². The summed E-state index contributed by atoms with van der Waals surface area (Å²) in [6.45, 7) is 11.6.